The van der Waals surface area contributed by atoms with E-state index in [1.165, 1.54) is 37.0 Å². The van der Waals surface area contributed by atoms with E-state index < -0.39 is 6.10 Å². The van der Waals surface area contributed by atoms with Crippen LogP contribution < -0.4 is 9.64 Å². The molecular formula is C23H32NO3+. The fraction of sp³-hybridized carbons (Fsp3) is 0.478. The number of ether oxygens (including phenoxy) is 1. The number of quaternary nitrogens is 1. The smallest absolute Gasteiger partial charge is 0.137 e. The lowest BCUT2D eigenvalue weighted by Gasteiger charge is -2.33. The topological polar surface area (TPSA) is 54.1 Å². The Labute approximate surface area is 162 Å². The van der Waals surface area contributed by atoms with Crippen molar-refractivity contribution < 1.29 is 19.8 Å². The predicted molar refractivity (Wildman–Crippen MR) is 107 cm³/mol. The zero-order chi connectivity index (χ0) is 19.1. The van der Waals surface area contributed by atoms with Crippen molar-refractivity contribution in [2.24, 2.45) is 0 Å². The summed E-state index contributed by atoms with van der Waals surface area (Å²) < 4.78 is 5.85. The Morgan fingerprint density at radius 3 is 2.48 bits per heavy atom. The number of phenolic OH excluding ortho intramolecular Hbond substituents is 1. The Morgan fingerprint density at radius 1 is 1.04 bits per heavy atom. The lowest BCUT2D eigenvalue weighted by molar-refractivity contribution is -0.943. The number of aliphatic hydroxyl groups is 1. The molecule has 2 aromatic rings. The number of rotatable bonds is 8. The number of aromatic hydroxyl groups is 1. The van der Waals surface area contributed by atoms with Crippen molar-refractivity contribution in [2.45, 2.75) is 57.7 Å². The van der Waals surface area contributed by atoms with Gasteiger partial charge in [-0.3, -0.25) is 0 Å². The SMILES string of the molecule is Cc1ccccc1OC[C@@H](O)C[NH+](Cc1ccccc1O)C1CCCCC1. The zero-order valence-electron chi connectivity index (χ0n) is 16.2. The molecule has 27 heavy (non-hydrogen) atoms. The van der Waals surface area contributed by atoms with E-state index in [0.29, 0.717) is 24.9 Å². The van der Waals surface area contributed by atoms with Gasteiger partial charge >= 0.3 is 0 Å². The molecule has 0 heterocycles. The number of phenols is 1. The Kier molecular flexibility index (Phi) is 7.13. The number of aryl methyl sites for hydroxylation is 1. The molecule has 1 unspecified atom stereocenters. The summed E-state index contributed by atoms with van der Waals surface area (Å²) in [4.78, 5) is 1.34. The maximum absolute atomic E-state index is 10.6. The predicted octanol–water partition coefficient (Wildman–Crippen LogP) is 2.86. The molecule has 1 saturated carbocycles. The highest BCUT2D eigenvalue weighted by Gasteiger charge is 2.27. The molecule has 0 spiro atoms. The van der Waals surface area contributed by atoms with Gasteiger partial charge in [0, 0.05) is 5.56 Å². The molecule has 0 radical (unpaired) electrons. The second-order valence-corrected chi connectivity index (χ2v) is 7.73. The van der Waals surface area contributed by atoms with Gasteiger partial charge in [-0.25, -0.2) is 0 Å². The van der Waals surface area contributed by atoms with Crippen LogP contribution in [0.15, 0.2) is 48.5 Å². The molecule has 0 aliphatic heterocycles. The van der Waals surface area contributed by atoms with Gasteiger partial charge in [0.25, 0.3) is 0 Å². The molecule has 1 aliphatic carbocycles. The Balaban J connectivity index is 1.63. The average Bonchev–Trinajstić information content (AvgIpc) is 2.69. The van der Waals surface area contributed by atoms with E-state index in [1.807, 2.05) is 49.4 Å². The molecule has 146 valence electrons. The highest BCUT2D eigenvalue weighted by Crippen LogP contribution is 2.19. The summed E-state index contributed by atoms with van der Waals surface area (Å²) in [5, 5.41) is 20.8. The van der Waals surface area contributed by atoms with Gasteiger partial charge in [0.2, 0.25) is 0 Å². The first-order chi connectivity index (χ1) is 13.1. The van der Waals surface area contributed by atoms with Crippen LogP contribution in [0.3, 0.4) is 0 Å². The van der Waals surface area contributed by atoms with Crippen molar-refractivity contribution in [3.8, 4) is 11.5 Å². The molecule has 0 aromatic heterocycles. The molecule has 0 amide bonds. The third-order valence-electron chi connectivity index (χ3n) is 5.61. The number of aliphatic hydroxyl groups excluding tert-OH is 1. The van der Waals surface area contributed by atoms with Gasteiger partial charge in [0.15, 0.2) is 0 Å². The van der Waals surface area contributed by atoms with Gasteiger partial charge in [-0.2, -0.15) is 0 Å². The van der Waals surface area contributed by atoms with Gasteiger partial charge in [0.05, 0.1) is 6.04 Å². The van der Waals surface area contributed by atoms with E-state index in [9.17, 15) is 10.2 Å². The fourth-order valence-electron chi connectivity index (χ4n) is 4.06. The Bertz CT molecular complexity index is 712. The molecule has 3 rings (SSSR count). The van der Waals surface area contributed by atoms with Gasteiger partial charge < -0.3 is 19.8 Å². The van der Waals surface area contributed by atoms with E-state index in [0.717, 1.165) is 23.4 Å². The summed E-state index contributed by atoms with van der Waals surface area (Å²) in [7, 11) is 0. The van der Waals surface area contributed by atoms with Gasteiger partial charge in [-0.1, -0.05) is 36.8 Å². The first-order valence-electron chi connectivity index (χ1n) is 10.1. The zero-order valence-corrected chi connectivity index (χ0v) is 16.2. The van der Waals surface area contributed by atoms with E-state index in [1.54, 1.807) is 6.07 Å². The average molecular weight is 371 g/mol. The largest absolute Gasteiger partial charge is 0.507 e. The highest BCUT2D eigenvalue weighted by atomic mass is 16.5. The van der Waals surface area contributed by atoms with E-state index in [4.69, 9.17) is 4.74 Å². The monoisotopic (exact) mass is 370 g/mol. The Hall–Kier alpha value is -2.04. The van der Waals surface area contributed by atoms with Crippen molar-refractivity contribution in [3.63, 3.8) is 0 Å². The Morgan fingerprint density at radius 2 is 1.74 bits per heavy atom. The minimum atomic E-state index is -0.535. The number of benzene rings is 2. The molecular weight excluding hydrogens is 338 g/mol. The van der Waals surface area contributed by atoms with Crippen LogP contribution in [0.2, 0.25) is 0 Å². The first kappa shape index (κ1) is 19.7. The maximum Gasteiger partial charge on any atom is 0.137 e. The summed E-state index contributed by atoms with van der Waals surface area (Å²) >= 11 is 0. The number of hydrogen-bond donors (Lipinski definition) is 3. The van der Waals surface area contributed by atoms with Crippen molar-refractivity contribution in [3.05, 3.63) is 59.7 Å². The number of para-hydroxylation sites is 2. The molecule has 1 fully saturated rings. The lowest BCUT2D eigenvalue weighted by atomic mass is 9.93. The molecule has 0 bridgehead atoms. The van der Waals surface area contributed by atoms with Gasteiger partial charge in [-0.05, 0) is 56.4 Å². The molecule has 1 aliphatic rings. The lowest BCUT2D eigenvalue weighted by Crippen LogP contribution is -3.15. The fourth-order valence-corrected chi connectivity index (χ4v) is 4.06. The van der Waals surface area contributed by atoms with Crippen molar-refractivity contribution in [1.29, 1.82) is 0 Å². The molecule has 4 heteroatoms. The molecule has 2 atom stereocenters. The van der Waals surface area contributed by atoms with E-state index >= 15 is 0 Å². The number of nitrogens with one attached hydrogen (secondary N) is 1. The number of hydrogen-bond acceptors (Lipinski definition) is 3. The van der Waals surface area contributed by atoms with E-state index in [2.05, 4.69) is 0 Å². The van der Waals surface area contributed by atoms with Crippen LogP contribution in [0.5, 0.6) is 11.5 Å². The van der Waals surface area contributed by atoms with Crippen LogP contribution in [0.1, 0.15) is 43.2 Å². The minimum absolute atomic E-state index is 0.293. The third-order valence-corrected chi connectivity index (χ3v) is 5.61. The third kappa shape index (κ3) is 5.72. The summed E-state index contributed by atoms with van der Waals surface area (Å²) in [5.74, 6) is 1.17. The first-order valence-corrected chi connectivity index (χ1v) is 10.1. The molecule has 2 aromatic carbocycles. The quantitative estimate of drug-likeness (QED) is 0.670. The van der Waals surface area contributed by atoms with Crippen molar-refractivity contribution in [2.75, 3.05) is 13.2 Å². The van der Waals surface area contributed by atoms with Crippen LogP contribution in [0, 0.1) is 6.92 Å². The van der Waals surface area contributed by atoms with Crippen LogP contribution >= 0.6 is 0 Å². The van der Waals surface area contributed by atoms with Gasteiger partial charge in [0.1, 0.15) is 37.3 Å². The second kappa shape index (κ2) is 9.77. The molecule has 3 N–H and O–H groups in total. The standard InChI is InChI=1S/C23H31NO3/c1-18-9-5-8-14-23(18)27-17-21(25)16-24(20-11-3-2-4-12-20)15-19-10-6-7-13-22(19)26/h5-10,13-14,20-21,25-26H,2-4,11-12,15-17H2,1H3/p+1/t21-/m0/s1. The van der Waals surface area contributed by atoms with Gasteiger partial charge in [-0.15, -0.1) is 0 Å². The van der Waals surface area contributed by atoms with Crippen LogP contribution in [-0.4, -0.2) is 35.5 Å². The van der Waals surface area contributed by atoms with Crippen LogP contribution in [0.4, 0.5) is 0 Å². The van der Waals surface area contributed by atoms with Crippen molar-refractivity contribution >= 4 is 0 Å². The van der Waals surface area contributed by atoms with Crippen LogP contribution in [-0.2, 0) is 6.54 Å². The van der Waals surface area contributed by atoms with E-state index in [-0.39, 0.29) is 0 Å². The summed E-state index contributed by atoms with van der Waals surface area (Å²) in [6.07, 6.45) is 5.66. The minimum Gasteiger partial charge on any atom is -0.507 e. The molecule has 0 saturated heterocycles. The second-order valence-electron chi connectivity index (χ2n) is 7.73. The van der Waals surface area contributed by atoms with Crippen molar-refractivity contribution in [1.82, 2.24) is 0 Å². The summed E-state index contributed by atoms with van der Waals surface area (Å²) in [6.45, 7) is 3.67. The maximum atomic E-state index is 10.6. The normalized spacial score (nSPS) is 17.4. The molecule has 4 nitrogen and oxygen atoms in total. The summed E-state index contributed by atoms with van der Waals surface area (Å²) in [6, 6.07) is 16.0. The highest BCUT2D eigenvalue weighted by molar-refractivity contribution is 5.32. The van der Waals surface area contributed by atoms with Crippen LogP contribution in [0.25, 0.3) is 0 Å². The summed E-state index contributed by atoms with van der Waals surface area (Å²) in [5.41, 5.74) is 2.03.